The second-order valence-electron chi connectivity index (χ2n) is 3.55. The van der Waals surface area contributed by atoms with Gasteiger partial charge in [-0.15, -0.1) is 11.6 Å². The van der Waals surface area contributed by atoms with Crippen LogP contribution in [-0.4, -0.2) is 29.4 Å². The fraction of sp³-hybridized carbons (Fsp3) is 0.600. The first-order valence-electron chi connectivity index (χ1n) is 5.17. The molecule has 0 saturated heterocycles. The molecule has 0 saturated carbocycles. The monoisotopic (exact) mass is 304 g/mol. The summed E-state index contributed by atoms with van der Waals surface area (Å²) in [4.78, 5) is 7.31. The van der Waals surface area contributed by atoms with Crippen molar-refractivity contribution >= 4 is 11.6 Å². The average molecular weight is 305 g/mol. The fourth-order valence-corrected chi connectivity index (χ4v) is 1.43. The van der Waals surface area contributed by atoms with Gasteiger partial charge in [0.05, 0.1) is 12.5 Å². The van der Waals surface area contributed by atoms with Gasteiger partial charge in [0.2, 0.25) is 0 Å². The van der Waals surface area contributed by atoms with E-state index in [0.717, 1.165) is 6.20 Å². The van der Waals surface area contributed by atoms with Gasteiger partial charge in [-0.2, -0.15) is 13.2 Å². The maximum absolute atomic E-state index is 12.6. The lowest BCUT2D eigenvalue weighted by Gasteiger charge is -2.09. The van der Waals surface area contributed by atoms with Crippen molar-refractivity contribution in [3.05, 3.63) is 23.3 Å². The molecular weight excluding hydrogens is 295 g/mol. The minimum Gasteiger partial charge on any atom is -0.372 e. The highest BCUT2D eigenvalue weighted by molar-refractivity contribution is 6.17. The highest BCUT2D eigenvalue weighted by Crippen LogP contribution is 2.21. The topological polar surface area (TPSA) is 35.0 Å². The highest BCUT2D eigenvalue weighted by atomic mass is 35.5. The molecule has 3 nitrogen and oxygen atoms in total. The predicted octanol–water partition coefficient (Wildman–Crippen LogP) is 3.27. The molecule has 0 atom stereocenters. The van der Waals surface area contributed by atoms with Crippen LogP contribution >= 0.6 is 11.6 Å². The zero-order valence-electron chi connectivity index (χ0n) is 9.55. The molecule has 0 fully saturated rings. The smallest absolute Gasteiger partial charge is 0.372 e. The van der Waals surface area contributed by atoms with E-state index in [-0.39, 0.29) is 30.3 Å². The third kappa shape index (κ3) is 5.65. The molecule has 0 aromatic carbocycles. The van der Waals surface area contributed by atoms with Gasteiger partial charge in [0.1, 0.15) is 18.1 Å². The van der Waals surface area contributed by atoms with Crippen molar-refractivity contribution in [1.82, 2.24) is 9.97 Å². The van der Waals surface area contributed by atoms with Crippen molar-refractivity contribution in [3.63, 3.8) is 0 Å². The second-order valence-corrected chi connectivity index (χ2v) is 3.82. The standard InChI is InChI=1S/C10H10ClF5N2O/c11-3-6-4-17-7(18-8(6)9(12)13)1-2-19-5-10(14,15)16/h4,9H,1-3,5H2. The normalized spacial score (nSPS) is 12.2. The van der Waals surface area contributed by atoms with E-state index in [1.165, 1.54) is 0 Å². The van der Waals surface area contributed by atoms with Gasteiger partial charge >= 0.3 is 6.18 Å². The van der Waals surface area contributed by atoms with Crippen molar-refractivity contribution in [1.29, 1.82) is 0 Å². The molecule has 0 aliphatic carbocycles. The number of hydrogen-bond acceptors (Lipinski definition) is 3. The summed E-state index contributed by atoms with van der Waals surface area (Å²) in [5.74, 6) is -0.170. The number of nitrogens with zero attached hydrogens (tertiary/aromatic N) is 2. The Kier molecular flexibility index (Phi) is 5.86. The van der Waals surface area contributed by atoms with Crippen LogP contribution in [0.1, 0.15) is 23.5 Å². The first-order valence-corrected chi connectivity index (χ1v) is 5.70. The summed E-state index contributed by atoms with van der Waals surface area (Å²) in [6.45, 7) is -1.70. The molecule has 0 aliphatic rings. The van der Waals surface area contributed by atoms with Crippen LogP contribution < -0.4 is 0 Å². The molecule has 1 rings (SSSR count). The van der Waals surface area contributed by atoms with E-state index in [1.54, 1.807) is 0 Å². The van der Waals surface area contributed by atoms with Crippen molar-refractivity contribution in [2.45, 2.75) is 24.9 Å². The lowest BCUT2D eigenvalue weighted by molar-refractivity contribution is -0.173. The van der Waals surface area contributed by atoms with Crippen molar-refractivity contribution in [2.75, 3.05) is 13.2 Å². The Hall–Kier alpha value is -1.02. The van der Waals surface area contributed by atoms with E-state index in [1.807, 2.05) is 0 Å². The van der Waals surface area contributed by atoms with E-state index in [0.29, 0.717) is 0 Å². The van der Waals surface area contributed by atoms with Gasteiger partial charge in [-0.1, -0.05) is 0 Å². The van der Waals surface area contributed by atoms with Crippen LogP contribution in [0, 0.1) is 0 Å². The summed E-state index contributed by atoms with van der Waals surface area (Å²) in [6, 6.07) is 0. The quantitative estimate of drug-likeness (QED) is 0.459. The van der Waals surface area contributed by atoms with E-state index in [9.17, 15) is 22.0 Å². The number of ether oxygens (including phenoxy) is 1. The minimum atomic E-state index is -4.42. The summed E-state index contributed by atoms with van der Waals surface area (Å²) in [6.07, 6.45) is -6.18. The minimum absolute atomic E-state index is 0.00802. The molecule has 0 unspecified atom stereocenters. The van der Waals surface area contributed by atoms with Gasteiger partial charge < -0.3 is 4.74 Å². The molecule has 1 aromatic heterocycles. The zero-order chi connectivity index (χ0) is 14.5. The largest absolute Gasteiger partial charge is 0.411 e. The van der Waals surface area contributed by atoms with E-state index in [2.05, 4.69) is 14.7 Å². The lowest BCUT2D eigenvalue weighted by atomic mass is 10.2. The predicted molar refractivity (Wildman–Crippen MR) is 57.1 cm³/mol. The first kappa shape index (κ1) is 16.0. The Morgan fingerprint density at radius 2 is 2.00 bits per heavy atom. The van der Waals surface area contributed by atoms with Gasteiger partial charge in [0, 0.05) is 18.2 Å². The molecule has 108 valence electrons. The highest BCUT2D eigenvalue weighted by Gasteiger charge is 2.27. The summed E-state index contributed by atoms with van der Waals surface area (Å²) in [5, 5.41) is 0. The Balaban J connectivity index is 2.57. The molecule has 0 bridgehead atoms. The van der Waals surface area contributed by atoms with Crippen molar-refractivity contribution < 1.29 is 26.7 Å². The molecule has 1 heterocycles. The first-order chi connectivity index (χ1) is 8.83. The van der Waals surface area contributed by atoms with Crippen LogP contribution in [0.3, 0.4) is 0 Å². The fourth-order valence-electron chi connectivity index (χ4n) is 1.22. The number of halogens is 6. The van der Waals surface area contributed by atoms with Crippen LogP contribution in [0.4, 0.5) is 22.0 Å². The summed E-state index contributed by atoms with van der Waals surface area (Å²) in [5.41, 5.74) is -0.410. The maximum Gasteiger partial charge on any atom is 0.411 e. The Morgan fingerprint density at radius 3 is 2.53 bits per heavy atom. The Morgan fingerprint density at radius 1 is 1.32 bits per heavy atom. The van der Waals surface area contributed by atoms with Crippen LogP contribution in [0.25, 0.3) is 0 Å². The number of alkyl halides is 6. The van der Waals surface area contributed by atoms with E-state index in [4.69, 9.17) is 11.6 Å². The van der Waals surface area contributed by atoms with Crippen molar-refractivity contribution in [2.24, 2.45) is 0 Å². The van der Waals surface area contributed by atoms with Gasteiger partial charge in [0.15, 0.2) is 0 Å². The van der Waals surface area contributed by atoms with E-state index < -0.39 is 24.9 Å². The Labute approximate surface area is 110 Å². The third-order valence-electron chi connectivity index (χ3n) is 2.03. The van der Waals surface area contributed by atoms with Crippen LogP contribution in [0.2, 0.25) is 0 Å². The van der Waals surface area contributed by atoms with Gasteiger partial charge in [-0.05, 0) is 0 Å². The van der Waals surface area contributed by atoms with Crippen molar-refractivity contribution in [3.8, 4) is 0 Å². The molecule has 19 heavy (non-hydrogen) atoms. The van der Waals surface area contributed by atoms with Gasteiger partial charge in [-0.3, -0.25) is 0 Å². The molecule has 0 radical (unpaired) electrons. The second kappa shape index (κ2) is 6.95. The summed E-state index contributed by atoms with van der Waals surface area (Å²) < 4.78 is 64.9. The summed E-state index contributed by atoms with van der Waals surface area (Å²) >= 11 is 5.44. The molecular formula is C10H10ClF5N2O. The van der Waals surface area contributed by atoms with Gasteiger partial charge in [-0.25, -0.2) is 18.7 Å². The summed E-state index contributed by atoms with van der Waals surface area (Å²) in [7, 11) is 0. The van der Waals surface area contributed by atoms with Gasteiger partial charge in [0.25, 0.3) is 6.43 Å². The maximum atomic E-state index is 12.6. The van der Waals surface area contributed by atoms with Crippen LogP contribution in [-0.2, 0) is 17.0 Å². The zero-order valence-corrected chi connectivity index (χ0v) is 10.3. The van der Waals surface area contributed by atoms with Crippen LogP contribution in [0.5, 0.6) is 0 Å². The third-order valence-corrected chi connectivity index (χ3v) is 2.32. The SMILES string of the molecule is FC(F)c1nc(CCOCC(F)(F)F)ncc1CCl. The molecule has 0 aliphatic heterocycles. The molecule has 0 N–H and O–H groups in total. The van der Waals surface area contributed by atoms with E-state index >= 15 is 0 Å². The lowest BCUT2D eigenvalue weighted by Crippen LogP contribution is -2.18. The van der Waals surface area contributed by atoms with Crippen LogP contribution in [0.15, 0.2) is 6.20 Å². The Bertz CT molecular complexity index is 413. The molecule has 0 spiro atoms. The molecule has 0 amide bonds. The molecule has 1 aromatic rings. The molecule has 9 heteroatoms. The number of rotatable bonds is 6. The number of hydrogen-bond donors (Lipinski definition) is 0. The number of aromatic nitrogens is 2. The average Bonchev–Trinajstić information content (AvgIpc) is 2.33.